The maximum Gasteiger partial charge on any atom is 0.184 e. The number of benzene rings is 1. The molecule has 4 heteroatoms. The van der Waals surface area contributed by atoms with Crippen LogP contribution in [0.25, 0.3) is 5.69 Å². The van der Waals surface area contributed by atoms with Crippen molar-refractivity contribution >= 4 is 6.21 Å². The fraction of sp³-hybridized carbons (Fsp3) is 0.286. The molecule has 0 fully saturated rings. The van der Waals surface area contributed by atoms with E-state index in [0.29, 0.717) is 0 Å². The minimum absolute atomic E-state index is 0.447. The molecular formula is C14H17N3O. The second kappa shape index (κ2) is 4.64. The number of aromatic nitrogens is 2. The first kappa shape index (κ1) is 12.4. The first-order chi connectivity index (χ1) is 8.48. The minimum atomic E-state index is -0.447. The molecule has 0 spiro atoms. The lowest BCUT2D eigenvalue weighted by Gasteiger charge is -2.19. The van der Waals surface area contributed by atoms with Gasteiger partial charge in [0, 0.05) is 33.2 Å². The summed E-state index contributed by atoms with van der Waals surface area (Å²) in [4.78, 5) is 0. The predicted octanol–water partition coefficient (Wildman–Crippen LogP) is 2.60. The normalized spacial score (nSPS) is 12.7. The van der Waals surface area contributed by atoms with Gasteiger partial charge in [0.1, 0.15) is 0 Å². The SMILES string of the molecule is CC(C)(C)/[N+]([O-])=C/c1ccccc1-n1cccn1. The monoisotopic (exact) mass is 243 g/mol. The Hall–Kier alpha value is -2.10. The van der Waals surface area contributed by atoms with Crippen molar-refractivity contribution in [2.24, 2.45) is 0 Å². The van der Waals surface area contributed by atoms with Crippen LogP contribution < -0.4 is 0 Å². The number of nitrogens with zero attached hydrogens (tertiary/aromatic N) is 3. The van der Waals surface area contributed by atoms with E-state index in [0.717, 1.165) is 16.0 Å². The summed E-state index contributed by atoms with van der Waals surface area (Å²) in [6.45, 7) is 5.65. The summed E-state index contributed by atoms with van der Waals surface area (Å²) in [5.41, 5.74) is 1.30. The molecule has 0 aliphatic rings. The van der Waals surface area contributed by atoms with E-state index < -0.39 is 5.54 Å². The molecule has 1 aromatic carbocycles. The van der Waals surface area contributed by atoms with E-state index in [-0.39, 0.29) is 0 Å². The van der Waals surface area contributed by atoms with Crippen molar-refractivity contribution in [3.8, 4) is 5.69 Å². The Balaban J connectivity index is 2.47. The summed E-state index contributed by atoms with van der Waals surface area (Å²) in [7, 11) is 0. The highest BCUT2D eigenvalue weighted by molar-refractivity contribution is 5.81. The summed E-state index contributed by atoms with van der Waals surface area (Å²) >= 11 is 0. The van der Waals surface area contributed by atoms with Gasteiger partial charge in [0.2, 0.25) is 0 Å². The van der Waals surface area contributed by atoms with Gasteiger partial charge in [-0.1, -0.05) is 12.1 Å². The van der Waals surface area contributed by atoms with Crippen molar-refractivity contribution < 1.29 is 4.74 Å². The van der Waals surface area contributed by atoms with Crippen molar-refractivity contribution in [1.82, 2.24) is 9.78 Å². The summed E-state index contributed by atoms with van der Waals surface area (Å²) in [5.74, 6) is 0. The van der Waals surface area contributed by atoms with Crippen LogP contribution in [0.1, 0.15) is 26.3 Å². The summed E-state index contributed by atoms with van der Waals surface area (Å²) in [6.07, 6.45) is 5.19. The molecule has 0 bridgehead atoms. The minimum Gasteiger partial charge on any atom is -0.623 e. The van der Waals surface area contributed by atoms with E-state index in [1.807, 2.05) is 57.3 Å². The Morgan fingerprint density at radius 1 is 1.22 bits per heavy atom. The van der Waals surface area contributed by atoms with Gasteiger partial charge in [-0.2, -0.15) is 5.10 Å². The van der Waals surface area contributed by atoms with E-state index in [9.17, 15) is 5.21 Å². The van der Waals surface area contributed by atoms with Gasteiger partial charge in [-0.25, -0.2) is 9.42 Å². The van der Waals surface area contributed by atoms with E-state index in [1.54, 1.807) is 17.1 Å². The smallest absolute Gasteiger partial charge is 0.184 e. The molecule has 0 atom stereocenters. The van der Waals surface area contributed by atoms with Crippen LogP contribution in [0.3, 0.4) is 0 Å². The van der Waals surface area contributed by atoms with Crippen molar-refractivity contribution in [2.75, 3.05) is 0 Å². The third-order valence-corrected chi connectivity index (χ3v) is 2.61. The molecule has 18 heavy (non-hydrogen) atoms. The number of hydroxylamine groups is 1. The van der Waals surface area contributed by atoms with Crippen molar-refractivity contribution in [3.05, 3.63) is 53.5 Å². The van der Waals surface area contributed by atoms with E-state index in [4.69, 9.17) is 0 Å². The third kappa shape index (κ3) is 2.59. The largest absolute Gasteiger partial charge is 0.623 e. The lowest BCUT2D eigenvalue weighted by Crippen LogP contribution is -2.29. The molecule has 0 saturated heterocycles. The molecule has 0 N–H and O–H groups in total. The molecule has 0 unspecified atom stereocenters. The van der Waals surface area contributed by atoms with Crippen LogP contribution in [0.15, 0.2) is 42.7 Å². The number of hydrogen-bond acceptors (Lipinski definition) is 2. The van der Waals surface area contributed by atoms with E-state index in [1.165, 1.54) is 0 Å². The van der Waals surface area contributed by atoms with Gasteiger partial charge < -0.3 is 5.21 Å². The lowest BCUT2D eigenvalue weighted by molar-refractivity contribution is -0.530. The number of para-hydroxylation sites is 1. The van der Waals surface area contributed by atoms with Crippen LogP contribution in [-0.2, 0) is 0 Å². The molecular weight excluding hydrogens is 226 g/mol. The fourth-order valence-corrected chi connectivity index (χ4v) is 1.54. The van der Waals surface area contributed by atoms with Crippen LogP contribution in [0.4, 0.5) is 0 Å². The van der Waals surface area contributed by atoms with Crippen molar-refractivity contribution in [2.45, 2.75) is 26.3 Å². The maximum absolute atomic E-state index is 12.0. The zero-order valence-corrected chi connectivity index (χ0v) is 10.9. The molecule has 2 aromatic rings. The molecule has 0 amide bonds. The van der Waals surface area contributed by atoms with Gasteiger partial charge in [-0.05, 0) is 18.2 Å². The van der Waals surface area contributed by atoms with Crippen LogP contribution in [0.2, 0.25) is 0 Å². The van der Waals surface area contributed by atoms with Crippen molar-refractivity contribution in [3.63, 3.8) is 0 Å². The van der Waals surface area contributed by atoms with Crippen LogP contribution in [0, 0.1) is 5.21 Å². The third-order valence-electron chi connectivity index (χ3n) is 2.61. The first-order valence-corrected chi connectivity index (χ1v) is 5.89. The number of rotatable bonds is 2. The zero-order chi connectivity index (χ0) is 13.2. The fourth-order valence-electron chi connectivity index (χ4n) is 1.54. The van der Waals surface area contributed by atoms with Gasteiger partial charge in [-0.15, -0.1) is 0 Å². The highest BCUT2D eigenvalue weighted by atomic mass is 16.5. The molecule has 94 valence electrons. The van der Waals surface area contributed by atoms with Gasteiger partial charge in [0.15, 0.2) is 11.8 Å². The molecule has 0 aliphatic heterocycles. The van der Waals surface area contributed by atoms with Crippen molar-refractivity contribution in [1.29, 1.82) is 0 Å². The Morgan fingerprint density at radius 3 is 2.56 bits per heavy atom. The average Bonchev–Trinajstić information content (AvgIpc) is 2.82. The number of hydrogen-bond donors (Lipinski definition) is 0. The lowest BCUT2D eigenvalue weighted by atomic mass is 10.1. The Labute approximate surface area is 107 Å². The Kier molecular flexibility index (Phi) is 3.19. The van der Waals surface area contributed by atoms with E-state index in [2.05, 4.69) is 5.10 Å². The Bertz CT molecular complexity index is 551. The second-order valence-corrected chi connectivity index (χ2v) is 5.14. The summed E-state index contributed by atoms with van der Waals surface area (Å²) in [6, 6.07) is 9.55. The van der Waals surface area contributed by atoms with Gasteiger partial charge in [0.25, 0.3) is 0 Å². The van der Waals surface area contributed by atoms with Crippen LogP contribution in [-0.4, -0.2) is 26.3 Å². The highest BCUT2D eigenvalue weighted by Crippen LogP contribution is 2.13. The van der Waals surface area contributed by atoms with Crippen LogP contribution in [0.5, 0.6) is 0 Å². The summed E-state index contributed by atoms with van der Waals surface area (Å²) in [5, 5.41) is 16.2. The predicted molar refractivity (Wildman–Crippen MR) is 72.1 cm³/mol. The molecule has 0 saturated carbocycles. The highest BCUT2D eigenvalue weighted by Gasteiger charge is 2.18. The average molecular weight is 243 g/mol. The van der Waals surface area contributed by atoms with Gasteiger partial charge in [0.05, 0.1) is 11.3 Å². The molecule has 0 aliphatic carbocycles. The molecule has 2 rings (SSSR count). The first-order valence-electron chi connectivity index (χ1n) is 5.89. The second-order valence-electron chi connectivity index (χ2n) is 5.14. The molecule has 4 nitrogen and oxygen atoms in total. The Morgan fingerprint density at radius 2 is 1.94 bits per heavy atom. The molecule has 1 heterocycles. The maximum atomic E-state index is 12.0. The van der Waals surface area contributed by atoms with Gasteiger partial charge in [-0.3, -0.25) is 0 Å². The molecule has 0 radical (unpaired) electrons. The topological polar surface area (TPSA) is 43.9 Å². The van der Waals surface area contributed by atoms with Gasteiger partial charge >= 0.3 is 0 Å². The molecule has 1 aromatic heterocycles. The summed E-state index contributed by atoms with van der Waals surface area (Å²) < 4.78 is 2.72. The van der Waals surface area contributed by atoms with Crippen LogP contribution >= 0.6 is 0 Å². The zero-order valence-electron chi connectivity index (χ0n) is 10.9. The van der Waals surface area contributed by atoms with E-state index >= 15 is 0 Å². The standard InChI is InChI=1S/C14H17N3O/c1-14(2,3)17(18)11-12-7-4-5-8-13(12)16-10-6-9-15-16/h4-11H,1-3H3/b17-11-. The quantitative estimate of drug-likeness (QED) is 0.352.